The van der Waals surface area contributed by atoms with Crippen LogP contribution in [-0.2, 0) is 16.6 Å². The molecule has 1 aliphatic heterocycles. The molecule has 1 aliphatic rings. The number of nitrogens with zero attached hydrogens (tertiary/aromatic N) is 4. The van der Waals surface area contributed by atoms with E-state index in [2.05, 4.69) is 70.1 Å². The van der Waals surface area contributed by atoms with E-state index in [1.54, 1.807) is 11.3 Å². The summed E-state index contributed by atoms with van der Waals surface area (Å²) in [4.78, 5) is 8.63. The molecular formula is C32H27FN4O2S2. The number of benzene rings is 3. The van der Waals surface area contributed by atoms with Gasteiger partial charge in [-0.2, -0.15) is 4.31 Å². The molecule has 3 aromatic heterocycles. The van der Waals surface area contributed by atoms with Crippen molar-refractivity contribution in [3.63, 3.8) is 0 Å². The minimum Gasteiger partial charge on any atom is -0.301 e. The number of pyridine rings is 1. The maximum absolute atomic E-state index is 13.4. The molecule has 41 heavy (non-hydrogen) atoms. The predicted octanol–water partition coefficient (Wildman–Crippen LogP) is 6.53. The van der Waals surface area contributed by atoms with Gasteiger partial charge in [-0.25, -0.2) is 17.8 Å². The van der Waals surface area contributed by atoms with Crippen LogP contribution < -0.4 is 0 Å². The lowest BCUT2D eigenvalue weighted by Crippen LogP contribution is -2.48. The number of thiophene rings is 1. The summed E-state index contributed by atoms with van der Waals surface area (Å²) < 4.78 is 44.6. The smallest absolute Gasteiger partial charge is 0.243 e. The number of hydrogen-bond acceptors (Lipinski definition) is 5. The second-order valence-electron chi connectivity index (χ2n) is 10.2. The molecule has 0 bridgehead atoms. The fraction of sp³-hybridized carbons (Fsp3) is 0.156. The lowest BCUT2D eigenvalue weighted by atomic mass is 10.1. The molecular weight excluding hydrogens is 556 g/mol. The number of hydrogen-bond donors (Lipinski definition) is 0. The van der Waals surface area contributed by atoms with E-state index in [0.717, 1.165) is 28.2 Å². The van der Waals surface area contributed by atoms with Crippen molar-refractivity contribution in [3.8, 4) is 21.7 Å². The summed E-state index contributed by atoms with van der Waals surface area (Å²) in [7, 11) is -3.67. The highest BCUT2D eigenvalue weighted by atomic mass is 32.2. The molecule has 6 aromatic rings. The molecule has 0 atom stereocenters. The molecule has 0 N–H and O–H groups in total. The maximum atomic E-state index is 13.4. The highest BCUT2D eigenvalue weighted by molar-refractivity contribution is 7.89. The highest BCUT2D eigenvalue weighted by Crippen LogP contribution is 2.35. The van der Waals surface area contributed by atoms with Crippen LogP contribution in [0.5, 0.6) is 0 Å². The summed E-state index contributed by atoms with van der Waals surface area (Å²) in [6.45, 7) is 2.52. The number of piperazine rings is 1. The predicted molar refractivity (Wildman–Crippen MR) is 162 cm³/mol. The first kappa shape index (κ1) is 26.0. The molecule has 4 heterocycles. The number of sulfonamides is 1. The van der Waals surface area contributed by atoms with Crippen molar-refractivity contribution in [3.05, 3.63) is 115 Å². The third-order valence-corrected chi connectivity index (χ3v) is 10.7. The Morgan fingerprint density at radius 3 is 2.29 bits per heavy atom. The first-order chi connectivity index (χ1) is 20.0. The van der Waals surface area contributed by atoms with E-state index in [1.807, 2.05) is 18.2 Å². The van der Waals surface area contributed by atoms with Crippen LogP contribution >= 0.6 is 11.3 Å². The minimum absolute atomic E-state index is 0.120. The van der Waals surface area contributed by atoms with Crippen molar-refractivity contribution in [1.29, 1.82) is 0 Å². The number of aromatic nitrogens is 2. The van der Waals surface area contributed by atoms with Gasteiger partial charge in [-0.3, -0.25) is 4.90 Å². The van der Waals surface area contributed by atoms with Crippen LogP contribution in [0.15, 0.2) is 108 Å². The van der Waals surface area contributed by atoms with E-state index in [4.69, 9.17) is 4.98 Å². The Hall–Kier alpha value is -3.89. The summed E-state index contributed by atoms with van der Waals surface area (Å²) in [5, 5.41) is 1.23. The lowest BCUT2D eigenvalue weighted by Gasteiger charge is -2.34. The maximum Gasteiger partial charge on any atom is 0.243 e. The SMILES string of the molecule is O=S(=O)(c1ccc(F)cc1)N1CCN(Cc2c(-c3ccccc3)nc3ccc(-c4cc5ccccc5s4)cn23)CC1. The Kier molecular flexibility index (Phi) is 6.67. The van der Waals surface area contributed by atoms with E-state index >= 15 is 0 Å². The Balaban J connectivity index is 1.20. The molecule has 3 aromatic carbocycles. The fourth-order valence-electron chi connectivity index (χ4n) is 5.44. The van der Waals surface area contributed by atoms with Crippen molar-refractivity contribution in [2.75, 3.05) is 26.2 Å². The van der Waals surface area contributed by atoms with Gasteiger partial charge in [-0.15, -0.1) is 11.3 Å². The summed E-state index contributed by atoms with van der Waals surface area (Å²) in [5.41, 5.74) is 5.06. The first-order valence-corrected chi connectivity index (χ1v) is 15.7. The van der Waals surface area contributed by atoms with Crippen LogP contribution in [0.1, 0.15) is 5.69 Å². The molecule has 1 saturated heterocycles. The lowest BCUT2D eigenvalue weighted by molar-refractivity contribution is 0.180. The molecule has 0 saturated carbocycles. The molecule has 206 valence electrons. The first-order valence-electron chi connectivity index (χ1n) is 13.5. The van der Waals surface area contributed by atoms with Gasteiger partial charge in [-0.05, 0) is 53.9 Å². The molecule has 6 nitrogen and oxygen atoms in total. The number of imidazole rings is 1. The van der Waals surface area contributed by atoms with Gasteiger partial charge < -0.3 is 4.40 Å². The van der Waals surface area contributed by atoms with Crippen LogP contribution in [0.2, 0.25) is 0 Å². The number of halogens is 1. The zero-order chi connectivity index (χ0) is 28.0. The van der Waals surface area contributed by atoms with Gasteiger partial charge in [0, 0.05) is 59.6 Å². The van der Waals surface area contributed by atoms with Gasteiger partial charge in [0.2, 0.25) is 10.0 Å². The summed E-state index contributed by atoms with van der Waals surface area (Å²) in [5.74, 6) is -0.452. The highest BCUT2D eigenvalue weighted by Gasteiger charge is 2.29. The zero-order valence-electron chi connectivity index (χ0n) is 22.2. The summed E-state index contributed by atoms with van der Waals surface area (Å²) in [6.07, 6.45) is 2.17. The second kappa shape index (κ2) is 10.5. The van der Waals surface area contributed by atoms with Crippen LogP contribution in [0, 0.1) is 5.82 Å². The minimum atomic E-state index is -3.67. The van der Waals surface area contributed by atoms with Gasteiger partial charge >= 0.3 is 0 Å². The number of fused-ring (bicyclic) bond motifs is 2. The summed E-state index contributed by atoms with van der Waals surface area (Å²) >= 11 is 1.78. The average molecular weight is 583 g/mol. The molecule has 0 spiro atoms. The zero-order valence-corrected chi connectivity index (χ0v) is 23.8. The van der Waals surface area contributed by atoms with E-state index in [9.17, 15) is 12.8 Å². The van der Waals surface area contributed by atoms with Gasteiger partial charge in [0.25, 0.3) is 0 Å². The normalized spacial score (nSPS) is 15.1. The van der Waals surface area contributed by atoms with Crippen molar-refractivity contribution < 1.29 is 12.8 Å². The molecule has 1 fully saturated rings. The monoisotopic (exact) mass is 582 g/mol. The Morgan fingerprint density at radius 2 is 1.54 bits per heavy atom. The van der Waals surface area contributed by atoms with E-state index in [0.29, 0.717) is 32.7 Å². The Morgan fingerprint density at radius 1 is 0.805 bits per heavy atom. The fourth-order valence-corrected chi connectivity index (χ4v) is 7.91. The third kappa shape index (κ3) is 4.95. The number of rotatable bonds is 6. The van der Waals surface area contributed by atoms with Crippen LogP contribution in [0.25, 0.3) is 37.4 Å². The molecule has 0 aliphatic carbocycles. The van der Waals surface area contributed by atoms with E-state index in [1.165, 1.54) is 43.5 Å². The molecule has 0 unspecified atom stereocenters. The van der Waals surface area contributed by atoms with Gasteiger partial charge in [0.15, 0.2) is 0 Å². The van der Waals surface area contributed by atoms with Crippen molar-refractivity contribution in [1.82, 2.24) is 18.6 Å². The van der Waals surface area contributed by atoms with Crippen molar-refractivity contribution in [2.24, 2.45) is 0 Å². The van der Waals surface area contributed by atoms with Gasteiger partial charge in [0.05, 0.1) is 16.3 Å². The summed E-state index contributed by atoms with van der Waals surface area (Å²) in [6, 6.07) is 30.1. The quantitative estimate of drug-likeness (QED) is 0.224. The largest absolute Gasteiger partial charge is 0.301 e. The van der Waals surface area contributed by atoms with Crippen LogP contribution in [0.3, 0.4) is 0 Å². The second-order valence-corrected chi connectivity index (χ2v) is 13.2. The average Bonchev–Trinajstić information content (AvgIpc) is 3.60. The van der Waals surface area contributed by atoms with E-state index in [-0.39, 0.29) is 4.90 Å². The van der Waals surface area contributed by atoms with Gasteiger partial charge in [0.1, 0.15) is 11.5 Å². The molecule has 7 rings (SSSR count). The van der Waals surface area contributed by atoms with E-state index < -0.39 is 15.8 Å². The van der Waals surface area contributed by atoms with Gasteiger partial charge in [-0.1, -0.05) is 48.5 Å². The molecule has 0 radical (unpaired) electrons. The van der Waals surface area contributed by atoms with Crippen LogP contribution in [0.4, 0.5) is 4.39 Å². The van der Waals surface area contributed by atoms with Crippen LogP contribution in [-0.4, -0.2) is 53.2 Å². The van der Waals surface area contributed by atoms with Crippen molar-refractivity contribution >= 4 is 37.1 Å². The Bertz CT molecular complexity index is 1930. The van der Waals surface area contributed by atoms with Crippen molar-refractivity contribution in [2.45, 2.75) is 11.4 Å². The molecule has 0 amide bonds. The molecule has 9 heteroatoms. The third-order valence-electron chi connectivity index (χ3n) is 7.63. The Labute approximate surface area is 242 Å². The topological polar surface area (TPSA) is 57.9 Å². The standard InChI is InChI=1S/C32H27FN4O2S2/c33-26-11-13-27(14-12-26)41(38,39)36-18-16-35(17-19-36)22-28-32(23-6-2-1-3-7-23)34-31-15-10-25(21-37(28)31)30-20-24-8-4-5-9-29(24)40-30/h1-15,20-21H,16-19,22H2.